The van der Waals surface area contributed by atoms with Gasteiger partial charge in [-0.2, -0.15) is 0 Å². The fourth-order valence-electron chi connectivity index (χ4n) is 2.94. The van der Waals surface area contributed by atoms with Crippen LogP contribution < -0.4 is 4.72 Å². The van der Waals surface area contributed by atoms with E-state index in [1.807, 2.05) is 42.5 Å². The molecular formula is C19H15BrClNO2S2. The number of rotatable bonds is 5. The topological polar surface area (TPSA) is 46.2 Å². The van der Waals surface area contributed by atoms with Crippen LogP contribution in [0.15, 0.2) is 69.3 Å². The predicted molar refractivity (Wildman–Crippen MR) is 110 cm³/mol. The minimum absolute atomic E-state index is 0.0558. The van der Waals surface area contributed by atoms with E-state index in [-0.39, 0.29) is 12.0 Å². The standard InChI is InChI=1S/C19H15BrClNO2S2/c20-16-4-2-1-3-14(16)15-11-17(15)22-26(23,24)19-10-9-18(25-19)12-5-7-13(21)8-6-12/h1-10,15,17,22H,11H2/t15-,17+/m1/s1. The number of nitrogens with one attached hydrogen (secondary N) is 1. The summed E-state index contributed by atoms with van der Waals surface area (Å²) in [5, 5.41) is 0.659. The van der Waals surface area contributed by atoms with E-state index in [0.29, 0.717) is 9.23 Å². The predicted octanol–water partition coefficient (Wildman–Crippen LogP) is 5.67. The van der Waals surface area contributed by atoms with Crippen molar-refractivity contribution in [3.8, 4) is 10.4 Å². The highest BCUT2D eigenvalue weighted by molar-refractivity contribution is 9.10. The van der Waals surface area contributed by atoms with Crippen molar-refractivity contribution >= 4 is 48.9 Å². The number of sulfonamides is 1. The van der Waals surface area contributed by atoms with Crippen LogP contribution in [0.25, 0.3) is 10.4 Å². The highest BCUT2D eigenvalue weighted by atomic mass is 79.9. The molecule has 7 heteroatoms. The molecule has 2 aromatic carbocycles. The van der Waals surface area contributed by atoms with Crippen molar-refractivity contribution in [2.75, 3.05) is 0 Å². The zero-order chi connectivity index (χ0) is 18.3. The van der Waals surface area contributed by atoms with Gasteiger partial charge < -0.3 is 0 Å². The summed E-state index contributed by atoms with van der Waals surface area (Å²) in [6.07, 6.45) is 0.817. The van der Waals surface area contributed by atoms with Gasteiger partial charge in [-0.1, -0.05) is 57.9 Å². The third-order valence-corrected chi connectivity index (χ3v) is 8.47. The molecule has 0 saturated heterocycles. The first kappa shape index (κ1) is 18.2. The van der Waals surface area contributed by atoms with Gasteiger partial charge in [0.1, 0.15) is 4.21 Å². The Morgan fingerprint density at radius 3 is 2.50 bits per heavy atom. The fourth-order valence-corrected chi connectivity index (χ4v) is 6.26. The molecule has 1 aromatic heterocycles. The second kappa shape index (κ2) is 7.09. The first-order valence-electron chi connectivity index (χ1n) is 8.06. The molecule has 134 valence electrons. The minimum atomic E-state index is -3.52. The lowest BCUT2D eigenvalue weighted by atomic mass is 10.1. The van der Waals surface area contributed by atoms with Crippen LogP contribution in [0.5, 0.6) is 0 Å². The number of halogens is 2. The summed E-state index contributed by atoms with van der Waals surface area (Å²) in [4.78, 5) is 0.903. The Morgan fingerprint density at radius 1 is 1.04 bits per heavy atom. The van der Waals surface area contributed by atoms with Gasteiger partial charge in [-0.15, -0.1) is 11.3 Å². The molecule has 1 saturated carbocycles. The molecule has 26 heavy (non-hydrogen) atoms. The van der Waals surface area contributed by atoms with Gasteiger partial charge in [-0.25, -0.2) is 13.1 Å². The van der Waals surface area contributed by atoms with Gasteiger partial charge in [0, 0.05) is 26.3 Å². The number of hydrogen-bond acceptors (Lipinski definition) is 3. The lowest BCUT2D eigenvalue weighted by molar-refractivity contribution is 0.582. The van der Waals surface area contributed by atoms with E-state index in [1.165, 1.54) is 11.3 Å². The third kappa shape index (κ3) is 3.75. The Morgan fingerprint density at radius 2 is 1.77 bits per heavy atom. The second-order valence-electron chi connectivity index (χ2n) is 6.22. The molecule has 0 amide bonds. The minimum Gasteiger partial charge on any atom is -0.207 e. The summed E-state index contributed by atoms with van der Waals surface area (Å²) >= 11 is 10.7. The Kier molecular flexibility index (Phi) is 4.96. The van der Waals surface area contributed by atoms with E-state index < -0.39 is 10.0 Å². The van der Waals surface area contributed by atoms with E-state index in [2.05, 4.69) is 20.7 Å². The maximum absolute atomic E-state index is 12.7. The molecule has 3 aromatic rings. The third-order valence-electron chi connectivity index (χ3n) is 4.38. The average molecular weight is 469 g/mol. The van der Waals surface area contributed by atoms with Gasteiger partial charge in [0.15, 0.2) is 0 Å². The summed E-state index contributed by atoms with van der Waals surface area (Å²) in [5.41, 5.74) is 2.10. The van der Waals surface area contributed by atoms with Crippen molar-refractivity contribution in [2.24, 2.45) is 0 Å². The lowest BCUT2D eigenvalue weighted by Crippen LogP contribution is -2.26. The first-order valence-corrected chi connectivity index (χ1v) is 11.5. The van der Waals surface area contributed by atoms with E-state index in [0.717, 1.165) is 26.9 Å². The molecule has 0 radical (unpaired) electrons. The monoisotopic (exact) mass is 467 g/mol. The van der Waals surface area contributed by atoms with Crippen LogP contribution in [-0.2, 0) is 10.0 Å². The van der Waals surface area contributed by atoms with Gasteiger partial charge in [0.2, 0.25) is 10.0 Å². The normalized spacial score (nSPS) is 19.5. The summed E-state index contributed by atoms with van der Waals surface area (Å²) in [5.74, 6) is 0.219. The van der Waals surface area contributed by atoms with E-state index >= 15 is 0 Å². The van der Waals surface area contributed by atoms with Crippen LogP contribution in [0.3, 0.4) is 0 Å². The van der Waals surface area contributed by atoms with Gasteiger partial charge in [0.05, 0.1) is 0 Å². The van der Waals surface area contributed by atoms with Crippen molar-refractivity contribution in [1.82, 2.24) is 4.72 Å². The maximum Gasteiger partial charge on any atom is 0.250 e. The first-order chi connectivity index (χ1) is 12.4. The number of thiophene rings is 1. The Bertz CT molecular complexity index is 1050. The van der Waals surface area contributed by atoms with Gasteiger partial charge in [0.25, 0.3) is 0 Å². The van der Waals surface area contributed by atoms with Crippen molar-refractivity contribution in [3.63, 3.8) is 0 Å². The number of hydrogen-bond donors (Lipinski definition) is 1. The highest BCUT2D eigenvalue weighted by Gasteiger charge is 2.42. The van der Waals surface area contributed by atoms with Gasteiger partial charge in [-0.05, 0) is 47.9 Å². The molecule has 1 heterocycles. The molecule has 0 aliphatic heterocycles. The molecule has 0 bridgehead atoms. The molecule has 0 spiro atoms. The summed E-state index contributed by atoms with van der Waals surface area (Å²) < 4.78 is 29.6. The van der Waals surface area contributed by atoms with Gasteiger partial charge in [-0.3, -0.25) is 0 Å². The maximum atomic E-state index is 12.7. The largest absolute Gasteiger partial charge is 0.250 e. The van der Waals surface area contributed by atoms with Crippen molar-refractivity contribution in [1.29, 1.82) is 0 Å². The molecule has 3 nitrogen and oxygen atoms in total. The van der Waals surface area contributed by atoms with Crippen LogP contribution in [-0.4, -0.2) is 14.5 Å². The summed E-state index contributed by atoms with van der Waals surface area (Å²) in [6, 6.07) is 18.8. The molecule has 0 unspecified atom stereocenters. The molecule has 4 rings (SSSR count). The number of benzene rings is 2. The molecule has 1 fully saturated rings. The quantitative estimate of drug-likeness (QED) is 0.525. The Labute approximate surface area is 170 Å². The highest BCUT2D eigenvalue weighted by Crippen LogP contribution is 2.44. The van der Waals surface area contributed by atoms with Crippen LogP contribution in [0.2, 0.25) is 5.02 Å². The zero-order valence-electron chi connectivity index (χ0n) is 13.5. The fraction of sp³-hybridized carbons (Fsp3) is 0.158. The zero-order valence-corrected chi connectivity index (χ0v) is 17.5. The van der Waals surface area contributed by atoms with Crippen LogP contribution in [0, 0.1) is 0 Å². The van der Waals surface area contributed by atoms with E-state index in [9.17, 15) is 8.42 Å². The average Bonchev–Trinajstić information content (AvgIpc) is 3.16. The summed E-state index contributed by atoms with van der Waals surface area (Å²) in [6.45, 7) is 0. The van der Waals surface area contributed by atoms with Crippen LogP contribution in [0.1, 0.15) is 17.9 Å². The van der Waals surface area contributed by atoms with E-state index in [1.54, 1.807) is 18.2 Å². The van der Waals surface area contributed by atoms with Crippen molar-refractivity contribution in [3.05, 3.63) is 75.7 Å². The second-order valence-corrected chi connectivity index (χ2v) is 10.5. The van der Waals surface area contributed by atoms with Crippen LogP contribution in [0.4, 0.5) is 0 Å². The lowest BCUT2D eigenvalue weighted by Gasteiger charge is -2.06. The molecule has 1 N–H and O–H groups in total. The van der Waals surface area contributed by atoms with Crippen molar-refractivity contribution in [2.45, 2.75) is 22.6 Å². The SMILES string of the molecule is O=S(=O)(N[C@H]1C[C@@H]1c1ccccc1Br)c1ccc(-c2ccc(Cl)cc2)s1. The van der Waals surface area contributed by atoms with Crippen molar-refractivity contribution < 1.29 is 8.42 Å². The van der Waals surface area contributed by atoms with Crippen LogP contribution >= 0.6 is 38.9 Å². The van der Waals surface area contributed by atoms with Gasteiger partial charge >= 0.3 is 0 Å². The Balaban J connectivity index is 1.50. The molecule has 1 aliphatic rings. The Hall–Kier alpha value is -1.18. The molecular weight excluding hydrogens is 454 g/mol. The molecule has 1 aliphatic carbocycles. The smallest absolute Gasteiger partial charge is 0.207 e. The van der Waals surface area contributed by atoms with E-state index in [4.69, 9.17) is 11.6 Å². The molecule has 2 atom stereocenters. The summed E-state index contributed by atoms with van der Waals surface area (Å²) in [7, 11) is -3.52.